The van der Waals surface area contributed by atoms with Gasteiger partial charge in [-0.2, -0.15) is 0 Å². The molecule has 0 radical (unpaired) electrons. The van der Waals surface area contributed by atoms with Gasteiger partial charge in [0.15, 0.2) is 11.6 Å². The average Bonchev–Trinajstić information content (AvgIpc) is 2.71. The molecule has 1 N–H and O–H groups in total. The van der Waals surface area contributed by atoms with Crippen LogP contribution >= 0.6 is 0 Å². The van der Waals surface area contributed by atoms with Crippen LogP contribution in [0.3, 0.4) is 0 Å². The van der Waals surface area contributed by atoms with Gasteiger partial charge < -0.3 is 10.1 Å². The topological polar surface area (TPSA) is 21.3 Å². The summed E-state index contributed by atoms with van der Waals surface area (Å²) in [6.07, 6.45) is 1.28. The summed E-state index contributed by atoms with van der Waals surface area (Å²) in [5.41, 5.74) is 0.372. The zero-order chi connectivity index (χ0) is 12.3. The third-order valence-corrected chi connectivity index (χ3v) is 3.29. The molecule has 0 bridgehead atoms. The molecular formula is C13H17F2NO. The van der Waals surface area contributed by atoms with Gasteiger partial charge in [0.05, 0.1) is 6.10 Å². The molecule has 0 amide bonds. The van der Waals surface area contributed by atoms with Crippen molar-refractivity contribution in [1.29, 1.82) is 0 Å². The monoisotopic (exact) mass is 241 g/mol. The van der Waals surface area contributed by atoms with Crippen LogP contribution in [-0.4, -0.2) is 19.3 Å². The highest BCUT2D eigenvalue weighted by Gasteiger charge is 2.23. The lowest BCUT2D eigenvalue weighted by atomic mass is 10.0. The van der Waals surface area contributed by atoms with Crippen molar-refractivity contribution in [3.63, 3.8) is 0 Å². The fraction of sp³-hybridized carbons (Fsp3) is 0.538. The number of benzene rings is 1. The van der Waals surface area contributed by atoms with Gasteiger partial charge in [0, 0.05) is 25.3 Å². The van der Waals surface area contributed by atoms with Crippen molar-refractivity contribution >= 4 is 0 Å². The summed E-state index contributed by atoms with van der Waals surface area (Å²) >= 11 is 0. The first-order valence-electron chi connectivity index (χ1n) is 5.93. The third kappa shape index (κ3) is 3.01. The van der Waals surface area contributed by atoms with Crippen molar-refractivity contribution in [2.24, 2.45) is 5.92 Å². The Morgan fingerprint density at radius 3 is 2.94 bits per heavy atom. The molecule has 0 spiro atoms. The van der Waals surface area contributed by atoms with Gasteiger partial charge in [0.2, 0.25) is 0 Å². The Morgan fingerprint density at radius 2 is 2.24 bits per heavy atom. The lowest BCUT2D eigenvalue weighted by Crippen LogP contribution is -2.27. The molecule has 2 nitrogen and oxygen atoms in total. The maximum absolute atomic E-state index is 13.3. The van der Waals surface area contributed by atoms with E-state index < -0.39 is 11.6 Å². The first kappa shape index (κ1) is 12.5. The number of ether oxygens (including phenoxy) is 1. The summed E-state index contributed by atoms with van der Waals surface area (Å²) in [5, 5.41) is 3.16. The van der Waals surface area contributed by atoms with E-state index in [4.69, 9.17) is 4.74 Å². The number of halogens is 2. The minimum absolute atomic E-state index is 0.250. The van der Waals surface area contributed by atoms with Crippen LogP contribution in [0.5, 0.6) is 0 Å². The van der Waals surface area contributed by atoms with Crippen LogP contribution in [-0.2, 0) is 11.3 Å². The van der Waals surface area contributed by atoms with Gasteiger partial charge in [0.25, 0.3) is 0 Å². The normalized spacial score (nSPS) is 24.2. The molecule has 17 heavy (non-hydrogen) atoms. The van der Waals surface area contributed by atoms with Crippen LogP contribution in [0.25, 0.3) is 0 Å². The van der Waals surface area contributed by atoms with Crippen LogP contribution < -0.4 is 5.32 Å². The zero-order valence-corrected chi connectivity index (χ0v) is 9.88. The fourth-order valence-corrected chi connectivity index (χ4v) is 2.12. The first-order chi connectivity index (χ1) is 8.18. The fourth-order valence-electron chi connectivity index (χ4n) is 2.12. The highest BCUT2D eigenvalue weighted by Crippen LogP contribution is 2.19. The molecule has 1 fully saturated rings. The molecule has 2 unspecified atom stereocenters. The van der Waals surface area contributed by atoms with E-state index in [0.29, 0.717) is 18.0 Å². The summed E-state index contributed by atoms with van der Waals surface area (Å²) in [7, 11) is 0. The lowest BCUT2D eigenvalue weighted by Gasteiger charge is -2.14. The van der Waals surface area contributed by atoms with Gasteiger partial charge in [0.1, 0.15) is 0 Å². The van der Waals surface area contributed by atoms with Gasteiger partial charge in [-0.15, -0.1) is 0 Å². The van der Waals surface area contributed by atoms with E-state index in [2.05, 4.69) is 5.32 Å². The van der Waals surface area contributed by atoms with E-state index in [1.165, 1.54) is 6.07 Å². The summed E-state index contributed by atoms with van der Waals surface area (Å²) < 4.78 is 31.7. The molecule has 1 saturated heterocycles. The summed E-state index contributed by atoms with van der Waals surface area (Å²) in [4.78, 5) is 0. The number of hydrogen-bond acceptors (Lipinski definition) is 2. The second kappa shape index (κ2) is 5.56. The highest BCUT2D eigenvalue weighted by molar-refractivity contribution is 5.18. The molecule has 2 rings (SSSR count). The van der Waals surface area contributed by atoms with Gasteiger partial charge in [-0.1, -0.05) is 12.1 Å². The van der Waals surface area contributed by atoms with E-state index in [-0.39, 0.29) is 6.10 Å². The zero-order valence-electron chi connectivity index (χ0n) is 9.88. The van der Waals surface area contributed by atoms with E-state index >= 15 is 0 Å². The molecule has 0 aliphatic carbocycles. The Morgan fingerprint density at radius 1 is 1.41 bits per heavy atom. The van der Waals surface area contributed by atoms with Crippen molar-refractivity contribution in [3.8, 4) is 0 Å². The Kier molecular flexibility index (Phi) is 4.07. The van der Waals surface area contributed by atoms with Crippen LogP contribution in [0, 0.1) is 17.6 Å². The van der Waals surface area contributed by atoms with Crippen LogP contribution in [0.1, 0.15) is 18.9 Å². The van der Waals surface area contributed by atoms with Crippen molar-refractivity contribution in [3.05, 3.63) is 35.4 Å². The Bertz CT molecular complexity index is 384. The van der Waals surface area contributed by atoms with Crippen molar-refractivity contribution < 1.29 is 13.5 Å². The van der Waals surface area contributed by atoms with Crippen LogP contribution in [0.4, 0.5) is 8.78 Å². The second-order valence-electron chi connectivity index (χ2n) is 4.47. The number of hydrogen-bond donors (Lipinski definition) is 1. The van der Waals surface area contributed by atoms with Crippen molar-refractivity contribution in [2.45, 2.75) is 26.0 Å². The number of nitrogens with one attached hydrogen (secondary N) is 1. The highest BCUT2D eigenvalue weighted by atomic mass is 19.2. The van der Waals surface area contributed by atoms with E-state index in [1.54, 1.807) is 6.07 Å². The molecule has 4 heteroatoms. The molecule has 1 aliphatic rings. The quantitative estimate of drug-likeness (QED) is 0.874. The Balaban J connectivity index is 1.84. The summed E-state index contributed by atoms with van der Waals surface area (Å²) in [5.74, 6) is -1.08. The van der Waals surface area contributed by atoms with E-state index in [9.17, 15) is 8.78 Å². The number of rotatable bonds is 4. The van der Waals surface area contributed by atoms with Gasteiger partial charge in [-0.25, -0.2) is 8.78 Å². The second-order valence-corrected chi connectivity index (χ2v) is 4.47. The molecule has 0 aromatic heterocycles. The minimum atomic E-state index is -0.790. The molecular weight excluding hydrogens is 224 g/mol. The predicted octanol–water partition coefficient (Wildman–Crippen LogP) is 2.48. The Labute approximate surface area is 100.0 Å². The molecule has 0 saturated carbocycles. The summed E-state index contributed by atoms with van der Waals surface area (Å²) in [6.45, 7) is 3.97. The van der Waals surface area contributed by atoms with Gasteiger partial charge in [-0.05, 0) is 25.3 Å². The lowest BCUT2D eigenvalue weighted by molar-refractivity contribution is 0.105. The van der Waals surface area contributed by atoms with Crippen LogP contribution in [0.2, 0.25) is 0 Å². The molecule has 1 heterocycles. The van der Waals surface area contributed by atoms with Crippen LogP contribution in [0.15, 0.2) is 18.2 Å². The van der Waals surface area contributed by atoms with Gasteiger partial charge in [-0.3, -0.25) is 0 Å². The largest absolute Gasteiger partial charge is 0.378 e. The Hall–Kier alpha value is -1.00. The third-order valence-electron chi connectivity index (χ3n) is 3.29. The molecule has 1 aromatic rings. The van der Waals surface area contributed by atoms with E-state index in [0.717, 1.165) is 25.6 Å². The minimum Gasteiger partial charge on any atom is -0.378 e. The first-order valence-corrected chi connectivity index (χ1v) is 5.93. The maximum atomic E-state index is 13.3. The smallest absolute Gasteiger partial charge is 0.163 e. The average molecular weight is 241 g/mol. The molecule has 94 valence electrons. The van der Waals surface area contributed by atoms with Gasteiger partial charge >= 0.3 is 0 Å². The molecule has 1 aromatic carbocycles. The van der Waals surface area contributed by atoms with Crippen molar-refractivity contribution in [1.82, 2.24) is 5.32 Å². The maximum Gasteiger partial charge on any atom is 0.163 e. The van der Waals surface area contributed by atoms with Crippen molar-refractivity contribution in [2.75, 3.05) is 13.2 Å². The predicted molar refractivity (Wildman–Crippen MR) is 61.6 cm³/mol. The molecule has 1 aliphatic heterocycles. The SMILES string of the molecule is CC1OCCC1CNCc1cccc(F)c1F. The summed E-state index contributed by atoms with van der Waals surface area (Å²) in [6, 6.07) is 4.25. The standard InChI is InChI=1S/C13H17F2NO/c1-9-10(5-6-17-9)7-16-8-11-3-2-4-12(14)13(11)15/h2-4,9-10,16H,5-8H2,1H3. The van der Waals surface area contributed by atoms with E-state index in [1.807, 2.05) is 6.92 Å². The molecule has 2 atom stereocenters.